The molecule has 1 N–H and O–H groups in total. The van der Waals surface area contributed by atoms with Crippen LogP contribution in [0.25, 0.3) is 0 Å². The smallest absolute Gasteiger partial charge is 0.0113 e. The fourth-order valence-electron chi connectivity index (χ4n) is 3.05. The molecular weight excluding hydrogens is 250 g/mol. The fourth-order valence-corrected chi connectivity index (χ4v) is 4.35. The summed E-state index contributed by atoms with van der Waals surface area (Å²) >= 11 is 2.03. The zero-order valence-corrected chi connectivity index (χ0v) is 13.5. The fraction of sp³-hybridized carbons (Fsp3) is 0.647. The van der Waals surface area contributed by atoms with Crippen molar-refractivity contribution in [1.82, 2.24) is 5.32 Å². The Labute approximate surface area is 122 Å². The van der Waals surface area contributed by atoms with Crippen LogP contribution in [0, 0.1) is 5.41 Å². The first kappa shape index (κ1) is 14.9. The molecular formula is C17H27NS. The van der Waals surface area contributed by atoms with Crippen LogP contribution in [0.1, 0.15) is 51.5 Å². The molecule has 0 aliphatic carbocycles. The van der Waals surface area contributed by atoms with Crippen LogP contribution in [0.3, 0.4) is 0 Å². The molecule has 1 aromatic carbocycles. The predicted molar refractivity (Wildman–Crippen MR) is 86.1 cm³/mol. The molecule has 0 bridgehead atoms. The van der Waals surface area contributed by atoms with E-state index in [0.29, 0.717) is 11.5 Å². The zero-order valence-electron chi connectivity index (χ0n) is 12.7. The standard InChI is InChI=1S/C17H27NS/c1-17(2,3)16(18-4)11-7-8-13-12-19-15-10-6-5-9-14(13)15/h5-6,9-10,13,16,18H,7-8,11-12H2,1-4H3. The molecule has 0 fully saturated rings. The van der Waals surface area contributed by atoms with Gasteiger partial charge in [-0.05, 0) is 42.9 Å². The van der Waals surface area contributed by atoms with Gasteiger partial charge in [-0.15, -0.1) is 11.8 Å². The van der Waals surface area contributed by atoms with Crippen LogP contribution in [0.2, 0.25) is 0 Å². The Hall–Kier alpha value is -0.470. The number of hydrogen-bond acceptors (Lipinski definition) is 2. The van der Waals surface area contributed by atoms with Gasteiger partial charge in [0.25, 0.3) is 0 Å². The van der Waals surface area contributed by atoms with Gasteiger partial charge in [0, 0.05) is 16.7 Å². The highest BCUT2D eigenvalue weighted by molar-refractivity contribution is 7.99. The summed E-state index contributed by atoms with van der Waals surface area (Å²) in [7, 11) is 2.09. The molecule has 2 atom stereocenters. The van der Waals surface area contributed by atoms with E-state index in [1.165, 1.54) is 29.9 Å². The largest absolute Gasteiger partial charge is 0.316 e. The maximum Gasteiger partial charge on any atom is 0.0113 e. The first-order valence-corrected chi connectivity index (χ1v) is 8.40. The summed E-state index contributed by atoms with van der Waals surface area (Å²) < 4.78 is 0. The van der Waals surface area contributed by atoms with E-state index in [2.05, 4.69) is 57.4 Å². The van der Waals surface area contributed by atoms with Gasteiger partial charge in [-0.3, -0.25) is 0 Å². The van der Waals surface area contributed by atoms with Gasteiger partial charge in [-0.2, -0.15) is 0 Å². The first-order valence-electron chi connectivity index (χ1n) is 7.41. The molecule has 0 amide bonds. The van der Waals surface area contributed by atoms with Crippen LogP contribution < -0.4 is 5.32 Å². The maximum absolute atomic E-state index is 3.48. The summed E-state index contributed by atoms with van der Waals surface area (Å²) in [5.41, 5.74) is 1.95. The van der Waals surface area contributed by atoms with Gasteiger partial charge < -0.3 is 5.32 Å². The topological polar surface area (TPSA) is 12.0 Å². The second-order valence-electron chi connectivity index (χ2n) is 6.68. The molecule has 106 valence electrons. The van der Waals surface area contributed by atoms with Crippen LogP contribution in [-0.4, -0.2) is 18.8 Å². The van der Waals surface area contributed by atoms with Crippen molar-refractivity contribution < 1.29 is 0 Å². The molecule has 0 saturated carbocycles. The van der Waals surface area contributed by atoms with Crippen LogP contribution in [-0.2, 0) is 0 Å². The van der Waals surface area contributed by atoms with Crippen LogP contribution >= 0.6 is 11.8 Å². The zero-order chi connectivity index (χ0) is 13.9. The van der Waals surface area contributed by atoms with Crippen molar-refractivity contribution >= 4 is 11.8 Å². The third kappa shape index (κ3) is 3.76. The first-order chi connectivity index (χ1) is 9.02. The van der Waals surface area contributed by atoms with Gasteiger partial charge >= 0.3 is 0 Å². The minimum atomic E-state index is 0.358. The summed E-state index contributed by atoms with van der Waals surface area (Å²) in [6.45, 7) is 6.98. The third-order valence-corrected chi connectivity index (χ3v) is 5.49. The van der Waals surface area contributed by atoms with Crippen molar-refractivity contribution in [3.8, 4) is 0 Å². The highest BCUT2D eigenvalue weighted by Crippen LogP contribution is 2.41. The predicted octanol–water partition coefficient (Wildman–Crippen LogP) is 4.68. The van der Waals surface area contributed by atoms with Crippen LogP contribution in [0.15, 0.2) is 29.2 Å². The highest BCUT2D eigenvalue weighted by atomic mass is 32.2. The summed E-state index contributed by atoms with van der Waals surface area (Å²) in [5, 5.41) is 3.48. The number of hydrogen-bond donors (Lipinski definition) is 1. The van der Waals surface area contributed by atoms with Gasteiger partial charge in [0.15, 0.2) is 0 Å². The SMILES string of the molecule is CNC(CCCC1CSc2ccccc21)C(C)(C)C. The average Bonchev–Trinajstić information content (AvgIpc) is 2.76. The Morgan fingerprint density at radius 2 is 2.05 bits per heavy atom. The normalized spacial score (nSPS) is 20.3. The molecule has 1 aliphatic heterocycles. The van der Waals surface area contributed by atoms with E-state index >= 15 is 0 Å². The average molecular weight is 277 g/mol. The second kappa shape index (κ2) is 6.32. The molecule has 19 heavy (non-hydrogen) atoms. The number of benzene rings is 1. The van der Waals surface area contributed by atoms with E-state index < -0.39 is 0 Å². The molecule has 2 rings (SSSR count). The molecule has 0 saturated heterocycles. The molecule has 0 radical (unpaired) electrons. The van der Waals surface area contributed by atoms with E-state index in [1.807, 2.05) is 11.8 Å². The van der Waals surface area contributed by atoms with Crippen molar-refractivity contribution in [2.45, 2.75) is 56.9 Å². The summed E-state index contributed by atoms with van der Waals surface area (Å²) in [6.07, 6.45) is 3.93. The Morgan fingerprint density at radius 1 is 1.32 bits per heavy atom. The summed E-state index contributed by atoms with van der Waals surface area (Å²) in [5.74, 6) is 2.05. The Balaban J connectivity index is 1.84. The van der Waals surface area contributed by atoms with Gasteiger partial charge in [0.1, 0.15) is 0 Å². The van der Waals surface area contributed by atoms with E-state index in [9.17, 15) is 0 Å². The second-order valence-corrected chi connectivity index (χ2v) is 7.75. The molecule has 0 spiro atoms. The van der Waals surface area contributed by atoms with E-state index in [1.54, 1.807) is 5.56 Å². The quantitative estimate of drug-likeness (QED) is 0.838. The number of thioether (sulfide) groups is 1. The molecule has 1 nitrogen and oxygen atoms in total. The van der Waals surface area contributed by atoms with Crippen LogP contribution in [0.5, 0.6) is 0 Å². The summed E-state index contributed by atoms with van der Waals surface area (Å²) in [6, 6.07) is 9.55. The van der Waals surface area contributed by atoms with E-state index in [0.717, 1.165) is 5.92 Å². The van der Waals surface area contributed by atoms with Crippen molar-refractivity contribution in [1.29, 1.82) is 0 Å². The minimum absolute atomic E-state index is 0.358. The highest BCUT2D eigenvalue weighted by Gasteiger charge is 2.25. The molecule has 2 unspecified atom stereocenters. The van der Waals surface area contributed by atoms with Gasteiger partial charge in [-0.1, -0.05) is 45.4 Å². The number of fused-ring (bicyclic) bond motifs is 1. The minimum Gasteiger partial charge on any atom is -0.316 e. The number of nitrogens with one attached hydrogen (secondary N) is 1. The van der Waals surface area contributed by atoms with E-state index in [-0.39, 0.29) is 0 Å². The maximum atomic E-state index is 3.48. The van der Waals surface area contributed by atoms with Crippen molar-refractivity contribution in [2.75, 3.05) is 12.8 Å². The molecule has 1 aromatic rings. The molecule has 0 aromatic heterocycles. The number of rotatable bonds is 5. The molecule has 1 aliphatic rings. The van der Waals surface area contributed by atoms with Crippen molar-refractivity contribution in [3.05, 3.63) is 29.8 Å². The van der Waals surface area contributed by atoms with Gasteiger partial charge in [0.2, 0.25) is 0 Å². The van der Waals surface area contributed by atoms with Crippen molar-refractivity contribution in [2.24, 2.45) is 5.41 Å². The lowest BCUT2D eigenvalue weighted by molar-refractivity contribution is 0.261. The summed E-state index contributed by atoms with van der Waals surface area (Å²) in [4.78, 5) is 1.51. The van der Waals surface area contributed by atoms with Crippen molar-refractivity contribution in [3.63, 3.8) is 0 Å². The van der Waals surface area contributed by atoms with Crippen LogP contribution in [0.4, 0.5) is 0 Å². The molecule has 1 heterocycles. The Bertz CT molecular complexity index is 408. The molecule has 2 heteroatoms. The Morgan fingerprint density at radius 3 is 2.74 bits per heavy atom. The van der Waals surface area contributed by atoms with Gasteiger partial charge in [0.05, 0.1) is 0 Å². The van der Waals surface area contributed by atoms with Gasteiger partial charge in [-0.25, -0.2) is 0 Å². The lowest BCUT2D eigenvalue weighted by Crippen LogP contribution is -2.37. The van der Waals surface area contributed by atoms with E-state index in [4.69, 9.17) is 0 Å². The monoisotopic (exact) mass is 277 g/mol. The third-order valence-electron chi connectivity index (χ3n) is 4.24. The lowest BCUT2D eigenvalue weighted by Gasteiger charge is -2.30. The Kier molecular flexibility index (Phi) is 4.97. The lowest BCUT2D eigenvalue weighted by atomic mass is 9.83.